The molecule has 13 nitrogen and oxygen atoms in total. The first-order valence-corrected chi connectivity index (χ1v) is 15.3. The van der Waals surface area contributed by atoms with Gasteiger partial charge in [-0.3, -0.25) is 4.79 Å². The Labute approximate surface area is 245 Å². The van der Waals surface area contributed by atoms with Gasteiger partial charge >= 0.3 is 12.1 Å². The molecule has 228 valence electrons. The standard InChI is InChI=1S/C28H37N5O8S/c1-20-4-10-23(11-5-20)42(38,39)32-13-2-3-25(32)26(34)30-24(27(35)36)19-21-6-8-22(9-7-21)41-28(37)31-33(14-12-29)15-17-40-18-16-33/h4-11,24-25H,2-3,12-19,29H2,1H3,(H2-,30,31,34,35,36,37)/p+1/t24-,25-/m0/s1. The molecule has 2 aliphatic rings. The smallest absolute Gasteiger partial charge is 0.457 e. The monoisotopic (exact) mass is 604 g/mol. The summed E-state index contributed by atoms with van der Waals surface area (Å²) in [7, 11) is -3.93. The summed E-state index contributed by atoms with van der Waals surface area (Å²) >= 11 is 0. The lowest BCUT2D eigenvalue weighted by Gasteiger charge is -2.39. The topological polar surface area (TPSA) is 177 Å². The van der Waals surface area contributed by atoms with Crippen LogP contribution in [-0.2, 0) is 30.8 Å². The van der Waals surface area contributed by atoms with E-state index in [1.165, 1.54) is 24.3 Å². The summed E-state index contributed by atoms with van der Waals surface area (Å²) in [6, 6.07) is 10.3. The highest BCUT2D eigenvalue weighted by molar-refractivity contribution is 7.89. The number of nitrogens with two attached hydrogens (primary N) is 1. The molecule has 0 spiro atoms. The van der Waals surface area contributed by atoms with Crippen molar-refractivity contribution in [1.82, 2.24) is 15.0 Å². The third-order valence-electron chi connectivity index (χ3n) is 7.54. The van der Waals surface area contributed by atoms with Gasteiger partial charge in [-0.25, -0.2) is 22.6 Å². The predicted octanol–water partition coefficient (Wildman–Crippen LogP) is 0.769. The fraction of sp³-hybridized carbons (Fsp3) is 0.464. The number of carbonyl (C=O) groups excluding carboxylic acids is 2. The van der Waals surface area contributed by atoms with E-state index in [2.05, 4.69) is 10.7 Å². The molecule has 14 heteroatoms. The van der Waals surface area contributed by atoms with Gasteiger partial charge in [-0.05, 0) is 49.6 Å². The molecule has 0 saturated carbocycles. The second-order valence-electron chi connectivity index (χ2n) is 10.6. The molecule has 2 fully saturated rings. The maximum Gasteiger partial charge on any atom is 0.457 e. The van der Waals surface area contributed by atoms with Crippen molar-refractivity contribution in [3.05, 3.63) is 59.7 Å². The average Bonchev–Trinajstić information content (AvgIpc) is 3.46. The minimum absolute atomic E-state index is 0.0541. The summed E-state index contributed by atoms with van der Waals surface area (Å²) in [5.74, 6) is -1.66. The van der Waals surface area contributed by atoms with Crippen molar-refractivity contribution in [3.63, 3.8) is 0 Å². The van der Waals surface area contributed by atoms with Crippen LogP contribution in [-0.4, -0.2) is 98.4 Å². The van der Waals surface area contributed by atoms with Crippen LogP contribution < -0.4 is 21.2 Å². The van der Waals surface area contributed by atoms with E-state index >= 15 is 0 Å². The Bertz CT molecular complexity index is 1360. The largest absolute Gasteiger partial charge is 0.480 e. The van der Waals surface area contributed by atoms with Crippen LogP contribution in [0.25, 0.3) is 0 Å². The zero-order chi connectivity index (χ0) is 30.3. The number of benzene rings is 2. The number of carbonyl (C=O) groups is 3. The number of ether oxygens (including phenoxy) is 2. The van der Waals surface area contributed by atoms with Gasteiger partial charge in [0.2, 0.25) is 15.9 Å². The Hall–Kier alpha value is -3.56. The van der Waals surface area contributed by atoms with Crippen molar-refractivity contribution in [2.24, 2.45) is 5.73 Å². The highest BCUT2D eigenvalue weighted by Gasteiger charge is 2.40. The number of aryl methyl sites for hydroxylation is 1. The molecular formula is C28H38N5O8S+. The molecule has 2 amide bonds. The van der Waals surface area contributed by atoms with Crippen LogP contribution >= 0.6 is 0 Å². The summed E-state index contributed by atoms with van der Waals surface area (Å²) < 4.78 is 38.6. The minimum Gasteiger partial charge on any atom is -0.480 e. The van der Waals surface area contributed by atoms with Crippen LogP contribution in [0.15, 0.2) is 53.4 Å². The number of nitrogens with zero attached hydrogens (tertiary/aromatic N) is 2. The molecule has 42 heavy (non-hydrogen) atoms. The van der Waals surface area contributed by atoms with E-state index in [0.29, 0.717) is 51.4 Å². The van der Waals surface area contributed by atoms with E-state index in [1.807, 2.05) is 6.92 Å². The number of amides is 2. The number of carboxylic acid groups (broad SMARTS) is 1. The third-order valence-corrected chi connectivity index (χ3v) is 9.46. The van der Waals surface area contributed by atoms with Gasteiger partial charge in [0.05, 0.1) is 18.1 Å². The zero-order valence-corrected chi connectivity index (χ0v) is 24.3. The predicted molar refractivity (Wildman–Crippen MR) is 152 cm³/mol. The Kier molecular flexibility index (Phi) is 10.2. The van der Waals surface area contributed by atoms with Crippen LogP contribution in [0.3, 0.4) is 0 Å². The SMILES string of the molecule is Cc1ccc(S(=O)(=O)N2CCC[C@H]2C(=O)N[C@@H](Cc2ccc(OC(=O)N[N+]3(CCN)CCOCC3)cc2)C(=O)O)cc1. The normalized spacial score (nSPS) is 19.5. The molecule has 2 aromatic rings. The number of hydrogen-bond acceptors (Lipinski definition) is 8. The number of rotatable bonds is 11. The zero-order valence-electron chi connectivity index (χ0n) is 23.5. The second kappa shape index (κ2) is 13.6. The Balaban J connectivity index is 1.36. The van der Waals surface area contributed by atoms with E-state index in [4.69, 9.17) is 15.2 Å². The number of quaternary nitrogens is 1. The van der Waals surface area contributed by atoms with Gasteiger partial charge in [-0.2, -0.15) is 9.73 Å². The maximum absolute atomic E-state index is 13.2. The van der Waals surface area contributed by atoms with Gasteiger partial charge in [-0.1, -0.05) is 29.8 Å². The van der Waals surface area contributed by atoms with Crippen molar-refractivity contribution < 1.29 is 42.0 Å². The van der Waals surface area contributed by atoms with E-state index < -0.39 is 40.1 Å². The molecule has 2 saturated heterocycles. The van der Waals surface area contributed by atoms with Crippen LogP contribution in [0.2, 0.25) is 0 Å². The lowest BCUT2D eigenvalue weighted by molar-refractivity contribution is -0.966. The fourth-order valence-corrected chi connectivity index (χ4v) is 6.84. The number of nitrogens with one attached hydrogen (secondary N) is 2. The molecule has 2 aromatic carbocycles. The molecule has 2 atom stereocenters. The number of sulfonamides is 1. The van der Waals surface area contributed by atoms with Gasteiger partial charge in [0, 0.05) is 19.5 Å². The summed E-state index contributed by atoms with van der Waals surface area (Å²) in [4.78, 5) is 37.8. The van der Waals surface area contributed by atoms with E-state index in [9.17, 15) is 27.9 Å². The highest BCUT2D eigenvalue weighted by atomic mass is 32.2. The molecule has 4 rings (SSSR count). The molecule has 2 heterocycles. The van der Waals surface area contributed by atoms with Crippen LogP contribution in [0.4, 0.5) is 4.79 Å². The van der Waals surface area contributed by atoms with Crippen molar-refractivity contribution in [1.29, 1.82) is 0 Å². The number of hydrogen-bond donors (Lipinski definition) is 4. The lowest BCUT2D eigenvalue weighted by Crippen LogP contribution is -2.66. The Morgan fingerprint density at radius 1 is 1.12 bits per heavy atom. The molecule has 0 aliphatic carbocycles. The van der Waals surface area contributed by atoms with Crippen molar-refractivity contribution in [3.8, 4) is 5.75 Å². The molecule has 0 bridgehead atoms. The molecular weight excluding hydrogens is 566 g/mol. The van der Waals surface area contributed by atoms with Crippen molar-refractivity contribution in [2.75, 3.05) is 45.9 Å². The van der Waals surface area contributed by atoms with Gasteiger partial charge in [-0.15, -0.1) is 0 Å². The summed E-state index contributed by atoms with van der Waals surface area (Å²) in [6.07, 6.45) is 0.0723. The molecule has 0 unspecified atom stereocenters. The Morgan fingerprint density at radius 2 is 1.79 bits per heavy atom. The Morgan fingerprint density at radius 3 is 2.40 bits per heavy atom. The van der Waals surface area contributed by atoms with E-state index in [-0.39, 0.29) is 34.6 Å². The molecule has 5 N–H and O–H groups in total. The first-order chi connectivity index (χ1) is 20.0. The molecule has 0 aromatic heterocycles. The number of carboxylic acids is 1. The van der Waals surface area contributed by atoms with Gasteiger partial charge in [0.1, 0.15) is 37.5 Å². The number of aliphatic carboxylic acids is 1. The second-order valence-corrected chi connectivity index (χ2v) is 12.4. The fourth-order valence-electron chi connectivity index (χ4n) is 5.19. The van der Waals surface area contributed by atoms with Crippen LogP contribution in [0, 0.1) is 6.92 Å². The average molecular weight is 605 g/mol. The van der Waals surface area contributed by atoms with Gasteiger partial charge in [0.15, 0.2) is 0 Å². The third kappa shape index (κ3) is 7.63. The van der Waals surface area contributed by atoms with Crippen molar-refractivity contribution in [2.45, 2.75) is 43.2 Å². The quantitative estimate of drug-likeness (QED) is 0.270. The number of morpholine rings is 1. The van der Waals surface area contributed by atoms with Crippen LogP contribution in [0.5, 0.6) is 5.75 Å². The summed E-state index contributed by atoms with van der Waals surface area (Å²) in [5, 5.41) is 12.3. The van der Waals surface area contributed by atoms with E-state index in [0.717, 1.165) is 9.87 Å². The first kappa shape index (κ1) is 31.4. The molecule has 2 aliphatic heterocycles. The van der Waals surface area contributed by atoms with E-state index in [1.54, 1.807) is 24.3 Å². The highest BCUT2D eigenvalue weighted by Crippen LogP contribution is 2.27. The minimum atomic E-state index is -3.93. The van der Waals surface area contributed by atoms with Gasteiger partial charge in [0.25, 0.3) is 0 Å². The lowest BCUT2D eigenvalue weighted by atomic mass is 10.1. The molecule has 0 radical (unpaired) electrons. The van der Waals surface area contributed by atoms with Crippen LogP contribution in [0.1, 0.15) is 24.0 Å². The van der Waals surface area contributed by atoms with Gasteiger partial charge < -0.3 is 25.6 Å². The first-order valence-electron chi connectivity index (χ1n) is 13.9. The van der Waals surface area contributed by atoms with Crippen molar-refractivity contribution >= 4 is 28.0 Å². The maximum atomic E-state index is 13.2. The summed E-state index contributed by atoms with van der Waals surface area (Å²) in [6.45, 7) is 5.08. The summed E-state index contributed by atoms with van der Waals surface area (Å²) in [5.41, 5.74) is 10.1.